The van der Waals surface area contributed by atoms with Gasteiger partial charge in [-0.05, 0) is 51.7 Å². The highest BCUT2D eigenvalue weighted by atomic mass is 32.2. The molecule has 2 fully saturated rings. The van der Waals surface area contributed by atoms with E-state index in [4.69, 9.17) is 4.74 Å². The number of piperidine rings is 1. The lowest BCUT2D eigenvalue weighted by molar-refractivity contribution is -0.134. The van der Waals surface area contributed by atoms with Gasteiger partial charge in [-0.2, -0.15) is 0 Å². The molecule has 2 atom stereocenters. The maximum atomic E-state index is 13.3. The highest BCUT2D eigenvalue weighted by molar-refractivity contribution is 8.00. The molecule has 0 bridgehead atoms. The number of hydrogen-bond donors (Lipinski definition) is 0. The Balaban J connectivity index is 1.60. The molecule has 2 aliphatic rings. The monoisotopic (exact) mass is 443 g/mol. The number of hydrogen-bond acceptors (Lipinski definition) is 6. The van der Waals surface area contributed by atoms with Gasteiger partial charge >= 0.3 is 0 Å². The van der Waals surface area contributed by atoms with Crippen LogP contribution in [0, 0.1) is 6.92 Å². The van der Waals surface area contributed by atoms with Crippen molar-refractivity contribution in [1.29, 1.82) is 0 Å². The van der Waals surface area contributed by atoms with Gasteiger partial charge in [0.2, 0.25) is 11.9 Å². The zero-order valence-corrected chi connectivity index (χ0v) is 19.6. The van der Waals surface area contributed by atoms with Crippen LogP contribution in [0.4, 0.5) is 5.95 Å². The Labute approximate surface area is 189 Å². The quantitative estimate of drug-likeness (QED) is 0.635. The minimum atomic E-state index is -0.210. The van der Waals surface area contributed by atoms with Gasteiger partial charge in [0.25, 0.3) is 0 Å². The molecule has 1 aromatic heterocycles. The van der Waals surface area contributed by atoms with E-state index in [0.717, 1.165) is 55.7 Å². The number of nitrogens with zero attached hydrogens (tertiary/aromatic N) is 5. The summed E-state index contributed by atoms with van der Waals surface area (Å²) < 4.78 is 7.61. The summed E-state index contributed by atoms with van der Waals surface area (Å²) >= 11 is 1.51. The molecule has 2 aliphatic heterocycles. The molecule has 8 heteroatoms. The van der Waals surface area contributed by atoms with Gasteiger partial charge in [0.1, 0.15) is 0 Å². The first-order valence-corrected chi connectivity index (χ1v) is 12.3. The van der Waals surface area contributed by atoms with E-state index in [9.17, 15) is 4.79 Å². The van der Waals surface area contributed by atoms with E-state index in [1.54, 1.807) is 0 Å². The smallest absolute Gasteiger partial charge is 0.236 e. The summed E-state index contributed by atoms with van der Waals surface area (Å²) in [5.41, 5.74) is 2.22. The number of anilines is 1. The number of ether oxygens (including phenoxy) is 1. The van der Waals surface area contributed by atoms with Crippen molar-refractivity contribution in [3.8, 4) is 5.69 Å². The first-order valence-electron chi connectivity index (χ1n) is 11.4. The molecule has 2 aromatic rings. The molecule has 1 aromatic carbocycles. The van der Waals surface area contributed by atoms with Crippen molar-refractivity contribution in [2.75, 3.05) is 37.7 Å². The lowest BCUT2D eigenvalue weighted by Gasteiger charge is -2.36. The molecular formula is C23H33N5O2S. The molecule has 168 valence electrons. The van der Waals surface area contributed by atoms with Gasteiger partial charge in [-0.3, -0.25) is 9.36 Å². The number of aryl methyl sites for hydroxylation is 1. The summed E-state index contributed by atoms with van der Waals surface area (Å²) in [5.74, 6) is 1.03. The first kappa shape index (κ1) is 22.1. The molecule has 1 amide bonds. The number of aromatic nitrogens is 3. The molecule has 31 heavy (non-hydrogen) atoms. The topological polar surface area (TPSA) is 63.5 Å². The third-order valence-corrected chi connectivity index (χ3v) is 7.24. The summed E-state index contributed by atoms with van der Waals surface area (Å²) in [6, 6.07) is 8.75. The molecule has 0 N–H and O–H groups in total. The highest BCUT2D eigenvalue weighted by Crippen LogP contribution is 2.31. The van der Waals surface area contributed by atoms with Crippen LogP contribution in [0.1, 0.15) is 45.1 Å². The summed E-state index contributed by atoms with van der Waals surface area (Å²) in [6.45, 7) is 10.1. The second-order valence-electron chi connectivity index (χ2n) is 8.40. The molecule has 0 radical (unpaired) electrons. The highest BCUT2D eigenvalue weighted by Gasteiger charge is 2.31. The fourth-order valence-corrected chi connectivity index (χ4v) is 5.32. The Hall–Kier alpha value is -2.06. The molecule has 0 spiro atoms. The van der Waals surface area contributed by atoms with Gasteiger partial charge in [0.05, 0.1) is 24.2 Å². The van der Waals surface area contributed by atoms with Crippen LogP contribution in [0.3, 0.4) is 0 Å². The first-order chi connectivity index (χ1) is 15.1. The van der Waals surface area contributed by atoms with Crippen molar-refractivity contribution in [2.24, 2.45) is 0 Å². The van der Waals surface area contributed by atoms with Crippen molar-refractivity contribution in [3.05, 3.63) is 29.8 Å². The Bertz CT molecular complexity index is 879. The summed E-state index contributed by atoms with van der Waals surface area (Å²) in [4.78, 5) is 17.6. The normalized spacial score (nSPS) is 20.7. The third-order valence-electron chi connectivity index (χ3n) is 6.21. The van der Waals surface area contributed by atoms with E-state index in [1.807, 2.05) is 6.92 Å². The number of amides is 1. The number of likely N-dealkylation sites (tertiary alicyclic amines) is 1. The number of morpholine rings is 1. The molecule has 3 heterocycles. The number of benzene rings is 1. The number of rotatable bonds is 6. The lowest BCUT2D eigenvalue weighted by Crippen LogP contribution is -2.46. The second-order valence-corrected chi connectivity index (χ2v) is 9.71. The van der Waals surface area contributed by atoms with Crippen molar-refractivity contribution < 1.29 is 9.53 Å². The Morgan fingerprint density at radius 3 is 2.61 bits per heavy atom. The zero-order chi connectivity index (χ0) is 21.8. The van der Waals surface area contributed by atoms with Crippen molar-refractivity contribution in [1.82, 2.24) is 19.7 Å². The van der Waals surface area contributed by atoms with Gasteiger partial charge in [-0.1, -0.05) is 36.4 Å². The fraction of sp³-hybridized carbons (Fsp3) is 0.609. The largest absolute Gasteiger partial charge is 0.378 e. The maximum absolute atomic E-state index is 13.3. The molecule has 4 rings (SSSR count). The predicted octanol–water partition coefficient (Wildman–Crippen LogP) is 3.68. The van der Waals surface area contributed by atoms with Gasteiger partial charge in [-0.15, -0.1) is 10.2 Å². The fourth-order valence-electron chi connectivity index (χ4n) is 4.38. The van der Waals surface area contributed by atoms with Gasteiger partial charge in [-0.25, -0.2) is 0 Å². The van der Waals surface area contributed by atoms with Crippen LogP contribution >= 0.6 is 11.8 Å². The molecular weight excluding hydrogens is 410 g/mol. The summed E-state index contributed by atoms with van der Waals surface area (Å²) in [6.07, 6.45) is 4.44. The van der Waals surface area contributed by atoms with Crippen LogP contribution in [-0.2, 0) is 9.53 Å². The van der Waals surface area contributed by atoms with Crippen LogP contribution < -0.4 is 4.90 Å². The van der Waals surface area contributed by atoms with Crippen LogP contribution in [-0.4, -0.2) is 69.7 Å². The summed E-state index contributed by atoms with van der Waals surface area (Å²) in [5, 5.41) is 9.60. The van der Waals surface area contributed by atoms with Gasteiger partial charge in [0.15, 0.2) is 5.16 Å². The average molecular weight is 444 g/mol. The van der Waals surface area contributed by atoms with E-state index in [-0.39, 0.29) is 11.2 Å². The van der Waals surface area contributed by atoms with E-state index < -0.39 is 0 Å². The molecule has 0 aliphatic carbocycles. The van der Waals surface area contributed by atoms with Crippen molar-refractivity contribution >= 4 is 23.6 Å². The number of thioether (sulfide) groups is 1. The Kier molecular flexibility index (Phi) is 7.17. The zero-order valence-electron chi connectivity index (χ0n) is 18.8. The predicted molar refractivity (Wildman–Crippen MR) is 124 cm³/mol. The SMILES string of the molecule is CCC1CCCCN1C(=O)C(C)Sc1nnc(N2CCOCC2)n1-c1ccc(C)cc1. The van der Waals surface area contributed by atoms with E-state index in [0.29, 0.717) is 19.3 Å². The van der Waals surface area contributed by atoms with Gasteiger partial charge in [0, 0.05) is 25.7 Å². The van der Waals surface area contributed by atoms with Gasteiger partial charge < -0.3 is 14.5 Å². The third kappa shape index (κ3) is 4.90. The molecule has 7 nitrogen and oxygen atoms in total. The summed E-state index contributed by atoms with van der Waals surface area (Å²) in [7, 11) is 0. The van der Waals surface area contributed by atoms with E-state index >= 15 is 0 Å². The van der Waals surface area contributed by atoms with Crippen LogP contribution in [0.5, 0.6) is 0 Å². The van der Waals surface area contributed by atoms with E-state index in [1.165, 1.54) is 23.7 Å². The van der Waals surface area contributed by atoms with Crippen molar-refractivity contribution in [3.63, 3.8) is 0 Å². The van der Waals surface area contributed by atoms with E-state index in [2.05, 4.69) is 62.7 Å². The Morgan fingerprint density at radius 2 is 1.90 bits per heavy atom. The van der Waals surface area contributed by atoms with Crippen LogP contribution in [0.15, 0.2) is 29.4 Å². The minimum absolute atomic E-state index is 0.210. The maximum Gasteiger partial charge on any atom is 0.236 e. The second kappa shape index (κ2) is 10.0. The Morgan fingerprint density at radius 1 is 1.16 bits per heavy atom. The number of carbonyl (C=O) groups excluding carboxylic acids is 1. The van der Waals surface area contributed by atoms with Crippen molar-refractivity contribution in [2.45, 2.75) is 62.9 Å². The molecule has 0 saturated carbocycles. The molecule has 2 saturated heterocycles. The van der Waals surface area contributed by atoms with Crippen LogP contribution in [0.2, 0.25) is 0 Å². The minimum Gasteiger partial charge on any atom is -0.378 e. The molecule has 2 unspecified atom stereocenters. The average Bonchev–Trinajstić information content (AvgIpc) is 3.23. The lowest BCUT2D eigenvalue weighted by atomic mass is 10.00. The standard InChI is InChI=1S/C23H33N5O2S/c1-4-19-7-5-6-12-27(19)21(29)18(3)31-23-25-24-22(26-13-15-30-16-14-26)28(23)20-10-8-17(2)9-11-20/h8-11,18-19H,4-7,12-16H2,1-3H3. The van der Waals surface area contributed by atoms with Crippen LogP contribution in [0.25, 0.3) is 5.69 Å². The number of carbonyl (C=O) groups is 1.